The Balaban J connectivity index is 0.00000120. The van der Waals surface area contributed by atoms with Gasteiger partial charge in [-0.05, 0) is 30.4 Å². The number of nitrogens with zero attached hydrogens (tertiary/aromatic N) is 1. The van der Waals surface area contributed by atoms with Crippen LogP contribution < -0.4 is 5.32 Å². The zero-order chi connectivity index (χ0) is 11.7. The molecule has 0 bridgehead atoms. The van der Waals surface area contributed by atoms with Gasteiger partial charge in [0.15, 0.2) is 0 Å². The van der Waals surface area contributed by atoms with Gasteiger partial charge in [-0.1, -0.05) is 18.2 Å². The number of hydrogen-bond donors (Lipinski definition) is 2. The van der Waals surface area contributed by atoms with E-state index in [1.54, 1.807) is 0 Å². The standard InChI is InChI=1S/C14H20N2O.ClH/c17-9-8-16(13-4-5-13)10-12-3-1-2-11-6-7-15-14(11)12;/h1-3,13,15,17H,4-10H2;1H. The summed E-state index contributed by atoms with van der Waals surface area (Å²) in [6.45, 7) is 3.10. The molecule has 100 valence electrons. The zero-order valence-corrected chi connectivity index (χ0v) is 11.4. The third kappa shape index (κ3) is 2.79. The quantitative estimate of drug-likeness (QED) is 0.858. The van der Waals surface area contributed by atoms with Gasteiger partial charge in [-0.15, -0.1) is 12.4 Å². The molecule has 1 aromatic carbocycles. The summed E-state index contributed by atoms with van der Waals surface area (Å²) in [7, 11) is 0. The van der Waals surface area contributed by atoms with Crippen molar-refractivity contribution in [1.82, 2.24) is 4.90 Å². The molecular formula is C14H21ClN2O. The van der Waals surface area contributed by atoms with Gasteiger partial charge in [0.05, 0.1) is 6.61 Å². The molecule has 1 heterocycles. The van der Waals surface area contributed by atoms with Crippen molar-refractivity contribution in [3.05, 3.63) is 29.3 Å². The van der Waals surface area contributed by atoms with Crippen molar-refractivity contribution in [2.45, 2.75) is 31.8 Å². The Morgan fingerprint density at radius 2 is 2.17 bits per heavy atom. The van der Waals surface area contributed by atoms with Crippen LogP contribution in [0.15, 0.2) is 18.2 Å². The highest BCUT2D eigenvalue weighted by atomic mass is 35.5. The third-order valence-electron chi connectivity index (χ3n) is 3.76. The van der Waals surface area contributed by atoms with E-state index in [4.69, 9.17) is 5.11 Å². The van der Waals surface area contributed by atoms with E-state index >= 15 is 0 Å². The summed E-state index contributed by atoms with van der Waals surface area (Å²) in [6, 6.07) is 7.29. The van der Waals surface area contributed by atoms with E-state index in [0.29, 0.717) is 6.04 Å². The van der Waals surface area contributed by atoms with Crippen LogP contribution >= 0.6 is 12.4 Å². The minimum absolute atomic E-state index is 0. The van der Waals surface area contributed by atoms with Gasteiger partial charge in [0, 0.05) is 31.4 Å². The van der Waals surface area contributed by atoms with Gasteiger partial charge in [-0.2, -0.15) is 0 Å². The van der Waals surface area contributed by atoms with E-state index in [1.165, 1.54) is 29.7 Å². The summed E-state index contributed by atoms with van der Waals surface area (Å²) in [5.41, 5.74) is 4.18. The second-order valence-corrected chi connectivity index (χ2v) is 5.05. The number of hydrogen-bond acceptors (Lipinski definition) is 3. The van der Waals surface area contributed by atoms with Crippen molar-refractivity contribution in [2.75, 3.05) is 25.0 Å². The second kappa shape index (κ2) is 5.91. The minimum atomic E-state index is 0. The van der Waals surface area contributed by atoms with Crippen molar-refractivity contribution in [3.63, 3.8) is 0 Å². The Labute approximate surface area is 115 Å². The number of benzene rings is 1. The van der Waals surface area contributed by atoms with E-state index in [2.05, 4.69) is 28.4 Å². The average molecular weight is 269 g/mol. The van der Waals surface area contributed by atoms with Crippen LogP contribution in [0.3, 0.4) is 0 Å². The van der Waals surface area contributed by atoms with E-state index in [-0.39, 0.29) is 19.0 Å². The largest absolute Gasteiger partial charge is 0.395 e. The van der Waals surface area contributed by atoms with Crippen LogP contribution in [0.4, 0.5) is 5.69 Å². The lowest BCUT2D eigenvalue weighted by molar-refractivity contribution is 0.183. The molecule has 1 aliphatic carbocycles. The fourth-order valence-electron chi connectivity index (χ4n) is 2.72. The smallest absolute Gasteiger partial charge is 0.0558 e. The summed E-state index contributed by atoms with van der Waals surface area (Å²) in [6.07, 6.45) is 3.73. The zero-order valence-electron chi connectivity index (χ0n) is 10.6. The maximum Gasteiger partial charge on any atom is 0.0558 e. The van der Waals surface area contributed by atoms with Gasteiger partial charge >= 0.3 is 0 Å². The lowest BCUT2D eigenvalue weighted by Crippen LogP contribution is -2.28. The summed E-state index contributed by atoms with van der Waals surface area (Å²) in [4.78, 5) is 2.41. The molecule has 0 radical (unpaired) electrons. The van der Waals surface area contributed by atoms with Gasteiger partial charge in [-0.25, -0.2) is 0 Å². The molecular weight excluding hydrogens is 248 g/mol. The number of nitrogens with one attached hydrogen (secondary N) is 1. The summed E-state index contributed by atoms with van der Waals surface area (Å²) >= 11 is 0. The predicted octanol–water partition coefficient (Wildman–Crippen LogP) is 2.03. The topological polar surface area (TPSA) is 35.5 Å². The molecule has 2 N–H and O–H groups in total. The average Bonchev–Trinajstić information content (AvgIpc) is 3.07. The normalized spacial score (nSPS) is 17.2. The Morgan fingerprint density at radius 3 is 2.89 bits per heavy atom. The van der Waals surface area contributed by atoms with E-state index in [9.17, 15) is 0 Å². The lowest BCUT2D eigenvalue weighted by Gasteiger charge is -2.22. The molecule has 4 heteroatoms. The minimum Gasteiger partial charge on any atom is -0.395 e. The number of halogens is 1. The molecule has 0 saturated heterocycles. The fourth-order valence-corrected chi connectivity index (χ4v) is 2.72. The molecule has 3 nitrogen and oxygen atoms in total. The van der Waals surface area contributed by atoms with Crippen LogP contribution in [0.1, 0.15) is 24.0 Å². The first-order valence-electron chi connectivity index (χ1n) is 6.58. The number of aliphatic hydroxyl groups is 1. The fraction of sp³-hybridized carbons (Fsp3) is 0.571. The Hall–Kier alpha value is -0.770. The SMILES string of the molecule is Cl.OCCN(Cc1cccc2c1NCC2)C1CC1. The Morgan fingerprint density at radius 1 is 1.33 bits per heavy atom. The van der Waals surface area contributed by atoms with E-state index < -0.39 is 0 Å². The van der Waals surface area contributed by atoms with Gasteiger partial charge in [0.1, 0.15) is 0 Å². The molecule has 0 spiro atoms. The van der Waals surface area contributed by atoms with E-state index in [1.807, 2.05) is 0 Å². The maximum atomic E-state index is 9.13. The van der Waals surface area contributed by atoms with Gasteiger partial charge in [0.25, 0.3) is 0 Å². The van der Waals surface area contributed by atoms with Gasteiger partial charge in [-0.3, -0.25) is 4.90 Å². The lowest BCUT2D eigenvalue weighted by atomic mass is 10.1. The van der Waals surface area contributed by atoms with Crippen molar-refractivity contribution in [1.29, 1.82) is 0 Å². The second-order valence-electron chi connectivity index (χ2n) is 5.05. The van der Waals surface area contributed by atoms with Crippen molar-refractivity contribution in [3.8, 4) is 0 Å². The molecule has 1 aromatic rings. The monoisotopic (exact) mass is 268 g/mol. The van der Waals surface area contributed by atoms with Crippen molar-refractivity contribution in [2.24, 2.45) is 0 Å². The van der Waals surface area contributed by atoms with Gasteiger partial charge < -0.3 is 10.4 Å². The van der Waals surface area contributed by atoms with Crippen LogP contribution in [0.5, 0.6) is 0 Å². The Kier molecular flexibility index (Phi) is 4.49. The molecule has 1 aliphatic heterocycles. The van der Waals surface area contributed by atoms with E-state index in [0.717, 1.165) is 26.1 Å². The Bertz CT molecular complexity index is 407. The summed E-state index contributed by atoms with van der Waals surface area (Å²) < 4.78 is 0. The molecule has 1 fully saturated rings. The maximum absolute atomic E-state index is 9.13. The van der Waals surface area contributed by atoms with Crippen LogP contribution in [-0.4, -0.2) is 35.7 Å². The molecule has 3 rings (SSSR count). The van der Waals surface area contributed by atoms with Crippen LogP contribution in [-0.2, 0) is 13.0 Å². The molecule has 0 amide bonds. The van der Waals surface area contributed by atoms with Crippen molar-refractivity contribution < 1.29 is 5.11 Å². The van der Waals surface area contributed by atoms with Crippen LogP contribution in [0.25, 0.3) is 0 Å². The number of fused-ring (bicyclic) bond motifs is 1. The first-order valence-corrected chi connectivity index (χ1v) is 6.58. The summed E-state index contributed by atoms with van der Waals surface area (Å²) in [5.74, 6) is 0. The number of anilines is 1. The molecule has 1 saturated carbocycles. The molecule has 2 aliphatic rings. The predicted molar refractivity (Wildman–Crippen MR) is 76.4 cm³/mol. The third-order valence-corrected chi connectivity index (χ3v) is 3.76. The summed E-state index contributed by atoms with van der Waals surface area (Å²) in [5, 5.41) is 12.6. The molecule has 0 aromatic heterocycles. The molecule has 18 heavy (non-hydrogen) atoms. The van der Waals surface area contributed by atoms with Gasteiger partial charge in [0.2, 0.25) is 0 Å². The highest BCUT2D eigenvalue weighted by Gasteiger charge is 2.29. The first-order chi connectivity index (χ1) is 8.38. The molecule has 0 unspecified atom stereocenters. The number of rotatable bonds is 5. The van der Waals surface area contributed by atoms with Crippen LogP contribution in [0.2, 0.25) is 0 Å². The number of aliphatic hydroxyl groups excluding tert-OH is 1. The van der Waals surface area contributed by atoms with Crippen LogP contribution in [0, 0.1) is 0 Å². The van der Waals surface area contributed by atoms with Crippen molar-refractivity contribution >= 4 is 18.1 Å². The highest BCUT2D eigenvalue weighted by Crippen LogP contribution is 2.32. The number of para-hydroxylation sites is 1. The first kappa shape index (κ1) is 13.7. The molecule has 0 atom stereocenters. The highest BCUT2D eigenvalue weighted by molar-refractivity contribution is 5.85.